The van der Waals surface area contributed by atoms with E-state index in [9.17, 15) is 0 Å². The molecule has 0 atom stereocenters. The quantitative estimate of drug-likeness (QED) is 0.143. The van der Waals surface area contributed by atoms with Crippen LogP contribution in [-0.4, -0.2) is 9.97 Å². The first-order valence-corrected chi connectivity index (χ1v) is 16.2. The van der Waals surface area contributed by atoms with Gasteiger partial charge in [-0.25, -0.2) is 0 Å². The number of rotatable bonds is 0. The zero-order valence-corrected chi connectivity index (χ0v) is 30.2. The van der Waals surface area contributed by atoms with Crippen LogP contribution >= 0.6 is 0 Å². The van der Waals surface area contributed by atoms with Crippen molar-refractivity contribution in [3.05, 3.63) is 155 Å². The smallest absolute Gasteiger partial charge is 0.497 e. The minimum absolute atomic E-state index is 0. The number of nitrogens with zero attached hydrogens (tertiary/aromatic N) is 2. The van der Waals surface area contributed by atoms with Crippen molar-refractivity contribution in [3.63, 3.8) is 0 Å². The van der Waals surface area contributed by atoms with Gasteiger partial charge in [-0.15, -0.1) is 47.5 Å². The van der Waals surface area contributed by atoms with Crippen LogP contribution in [0.4, 0.5) is 0 Å². The maximum absolute atomic E-state index is 6.78. The Morgan fingerprint density at radius 1 is 0.521 bits per heavy atom. The second-order valence-electron chi connectivity index (χ2n) is 14.5. The molecule has 8 rings (SSSR count). The summed E-state index contributed by atoms with van der Waals surface area (Å²) in [6.45, 7) is 13.5. The molecule has 4 aromatic carbocycles. The summed E-state index contributed by atoms with van der Waals surface area (Å²) in [6.07, 6.45) is 0. The van der Waals surface area contributed by atoms with Crippen molar-refractivity contribution in [2.24, 2.45) is 0 Å². The van der Waals surface area contributed by atoms with Crippen LogP contribution in [0, 0.1) is 12.1 Å². The molecule has 0 saturated heterocycles. The first kappa shape index (κ1) is 32.0. The average molecular weight is 808 g/mol. The zero-order valence-electron chi connectivity index (χ0n) is 27.9. The summed E-state index contributed by atoms with van der Waals surface area (Å²) in [5.41, 5.74) is 8.35. The summed E-state index contributed by atoms with van der Waals surface area (Å²) in [5.74, 6) is 2.79. The van der Waals surface area contributed by atoms with Gasteiger partial charge < -0.3 is 9.47 Å². The Labute approximate surface area is 297 Å². The Kier molecular flexibility index (Phi) is 7.72. The van der Waals surface area contributed by atoms with E-state index in [1.807, 2.05) is 48.5 Å². The topological polar surface area (TPSA) is 44.2 Å². The average Bonchev–Trinajstić information content (AvgIpc) is 3.06. The number of pyridine rings is 2. The summed E-state index contributed by atoms with van der Waals surface area (Å²) in [4.78, 5) is 11.0. The largest absolute Gasteiger partial charge is 2.00 e. The molecular formula is C43H36N2O2Pt. The van der Waals surface area contributed by atoms with E-state index in [0.717, 1.165) is 56.5 Å². The summed E-state index contributed by atoms with van der Waals surface area (Å²) in [6, 6.07) is 44.5. The van der Waals surface area contributed by atoms with Crippen molar-refractivity contribution in [2.75, 3.05) is 0 Å². The Bertz CT molecular complexity index is 2040. The SMILES string of the molecule is CC(C)(C)c1ccc2c(c1)C1(c3cccc(n3)-c3[c-]c(ccc3)Oc3[c-]c(ccc3)-c3cccc1n3)c1cc(C(C)(C)C)ccc1O2.[Pt+2]. The van der Waals surface area contributed by atoms with E-state index in [-0.39, 0.29) is 31.9 Å². The van der Waals surface area contributed by atoms with Gasteiger partial charge in [0.1, 0.15) is 16.9 Å². The van der Waals surface area contributed by atoms with Gasteiger partial charge in [-0.3, -0.25) is 9.97 Å². The standard InChI is InChI=1S/C43H36N2O2.Pt/c1-41(2,3)29-19-21-37-33(25-29)43(34-26-30(42(4,5)6)20-22-38(34)47-37)39-17-9-15-35(44-39)27-11-7-13-31(23-27)46-32-14-8-12-28(24-32)36-16-10-18-40(43)45-36;/h7-22,25-26H,1-6H3;/q-2;+2. The molecule has 2 aromatic heterocycles. The van der Waals surface area contributed by atoms with Crippen molar-refractivity contribution in [3.8, 4) is 45.5 Å². The van der Waals surface area contributed by atoms with Gasteiger partial charge in [0, 0.05) is 22.6 Å². The third-order valence-corrected chi connectivity index (χ3v) is 9.29. The van der Waals surface area contributed by atoms with Crippen molar-refractivity contribution < 1.29 is 30.5 Å². The number of fused-ring (bicyclic) bond motifs is 16. The third kappa shape index (κ3) is 5.27. The predicted octanol–water partition coefficient (Wildman–Crippen LogP) is 10.6. The Hall–Kier alpha value is -4.53. The second kappa shape index (κ2) is 11.6. The Morgan fingerprint density at radius 3 is 1.40 bits per heavy atom. The Morgan fingerprint density at radius 2 is 0.958 bits per heavy atom. The van der Waals surface area contributed by atoms with Crippen molar-refractivity contribution in [1.82, 2.24) is 9.97 Å². The molecule has 0 aliphatic carbocycles. The van der Waals surface area contributed by atoms with Gasteiger partial charge in [-0.2, -0.15) is 0 Å². The molecule has 5 heteroatoms. The molecule has 6 aromatic rings. The molecule has 4 nitrogen and oxygen atoms in total. The van der Waals surface area contributed by atoms with Crippen molar-refractivity contribution >= 4 is 0 Å². The van der Waals surface area contributed by atoms with Crippen LogP contribution < -0.4 is 9.47 Å². The molecule has 48 heavy (non-hydrogen) atoms. The van der Waals surface area contributed by atoms with E-state index < -0.39 is 5.41 Å². The summed E-state index contributed by atoms with van der Waals surface area (Å²) < 4.78 is 13.0. The number of ether oxygens (including phenoxy) is 2. The van der Waals surface area contributed by atoms with Crippen LogP contribution in [0.25, 0.3) is 22.5 Å². The number of benzene rings is 4. The van der Waals surface area contributed by atoms with Crippen molar-refractivity contribution in [1.29, 1.82) is 0 Å². The van der Waals surface area contributed by atoms with E-state index in [2.05, 4.69) is 114 Å². The minimum atomic E-state index is -0.909. The van der Waals surface area contributed by atoms with E-state index in [4.69, 9.17) is 19.4 Å². The molecule has 4 heterocycles. The molecule has 1 spiro atoms. The fraction of sp³-hybridized carbons (Fsp3) is 0.209. The van der Waals surface area contributed by atoms with Gasteiger partial charge in [0.15, 0.2) is 0 Å². The second-order valence-corrected chi connectivity index (χ2v) is 14.5. The van der Waals surface area contributed by atoms with Crippen molar-refractivity contribution in [2.45, 2.75) is 57.8 Å². The monoisotopic (exact) mass is 807 g/mol. The Balaban J connectivity index is 0.00000364. The number of hydrogen-bond acceptors (Lipinski definition) is 4. The fourth-order valence-corrected chi connectivity index (χ4v) is 6.72. The van der Waals surface area contributed by atoms with E-state index in [0.29, 0.717) is 11.5 Å². The van der Waals surface area contributed by atoms with Gasteiger partial charge in [-0.1, -0.05) is 90.1 Å². The van der Waals surface area contributed by atoms with Crippen LogP contribution in [0.2, 0.25) is 0 Å². The van der Waals surface area contributed by atoms with Crippen LogP contribution in [0.3, 0.4) is 0 Å². The molecule has 0 radical (unpaired) electrons. The maximum Gasteiger partial charge on any atom is 2.00 e. The van der Waals surface area contributed by atoms with E-state index >= 15 is 0 Å². The van der Waals surface area contributed by atoms with Gasteiger partial charge in [0.05, 0.1) is 11.4 Å². The van der Waals surface area contributed by atoms with Crippen LogP contribution in [0.1, 0.15) is 75.2 Å². The molecule has 0 amide bonds. The maximum atomic E-state index is 6.78. The molecule has 0 saturated carbocycles. The van der Waals surface area contributed by atoms with Crippen LogP contribution in [0.5, 0.6) is 23.0 Å². The first-order chi connectivity index (χ1) is 22.5. The first-order valence-electron chi connectivity index (χ1n) is 16.2. The number of hydrogen-bond donors (Lipinski definition) is 0. The molecule has 2 aliphatic heterocycles. The van der Waals surface area contributed by atoms with Crippen LogP contribution in [0.15, 0.2) is 109 Å². The normalized spacial score (nSPS) is 14.0. The molecule has 2 aliphatic rings. The molecule has 0 N–H and O–H groups in total. The summed E-state index contributed by atoms with van der Waals surface area (Å²) in [5, 5.41) is 0. The summed E-state index contributed by atoms with van der Waals surface area (Å²) >= 11 is 0. The number of aromatic nitrogens is 2. The van der Waals surface area contributed by atoms with Gasteiger partial charge >= 0.3 is 21.1 Å². The van der Waals surface area contributed by atoms with Crippen LogP contribution in [-0.2, 0) is 37.3 Å². The molecule has 0 unspecified atom stereocenters. The van der Waals surface area contributed by atoms with Gasteiger partial charge in [0.2, 0.25) is 0 Å². The van der Waals surface area contributed by atoms with E-state index in [1.165, 1.54) is 11.1 Å². The summed E-state index contributed by atoms with van der Waals surface area (Å²) in [7, 11) is 0. The predicted molar refractivity (Wildman–Crippen MR) is 186 cm³/mol. The fourth-order valence-electron chi connectivity index (χ4n) is 6.72. The minimum Gasteiger partial charge on any atom is -0.497 e. The molecule has 240 valence electrons. The third-order valence-electron chi connectivity index (χ3n) is 9.29. The molecule has 0 fully saturated rings. The van der Waals surface area contributed by atoms with E-state index in [1.54, 1.807) is 0 Å². The zero-order chi connectivity index (χ0) is 32.6. The molecule has 8 bridgehead atoms. The van der Waals surface area contributed by atoms with Gasteiger partial charge in [0.25, 0.3) is 0 Å². The molecular weight excluding hydrogens is 772 g/mol. The van der Waals surface area contributed by atoms with Gasteiger partial charge in [-0.05, 0) is 69.7 Å².